The molecular weight excluding hydrogens is 230 g/mol. The SMILES string of the molecule is CCCCCC/C=C/C(NCCC)c1ccccc1. The molecule has 0 saturated carbocycles. The second-order valence-electron chi connectivity index (χ2n) is 5.12. The van der Waals surface area contributed by atoms with Crippen molar-refractivity contribution < 1.29 is 0 Å². The molecule has 0 aromatic heterocycles. The number of nitrogens with one attached hydrogen (secondary N) is 1. The molecule has 1 rings (SSSR count). The molecule has 0 saturated heterocycles. The number of hydrogen-bond donors (Lipinski definition) is 1. The minimum Gasteiger partial charge on any atom is -0.307 e. The van der Waals surface area contributed by atoms with Gasteiger partial charge in [0.05, 0.1) is 6.04 Å². The minimum atomic E-state index is 0.368. The van der Waals surface area contributed by atoms with Crippen LogP contribution in [0, 0.1) is 0 Å². The number of rotatable bonds is 10. The summed E-state index contributed by atoms with van der Waals surface area (Å²) in [7, 11) is 0. The zero-order valence-electron chi connectivity index (χ0n) is 12.6. The summed E-state index contributed by atoms with van der Waals surface area (Å²) in [5.74, 6) is 0. The standard InChI is InChI=1S/C18H29N/c1-3-5-6-7-8-12-15-18(19-16-4-2)17-13-10-9-11-14-17/h9-15,18-19H,3-8,16H2,1-2H3/b15-12+. The van der Waals surface area contributed by atoms with Crippen LogP contribution in [0.3, 0.4) is 0 Å². The molecule has 0 radical (unpaired) electrons. The molecule has 1 aromatic carbocycles. The van der Waals surface area contributed by atoms with E-state index in [1.165, 1.54) is 44.1 Å². The molecule has 0 heterocycles. The van der Waals surface area contributed by atoms with Crippen LogP contribution in [0.1, 0.15) is 64.0 Å². The summed E-state index contributed by atoms with van der Waals surface area (Å²) >= 11 is 0. The van der Waals surface area contributed by atoms with E-state index in [2.05, 4.69) is 61.6 Å². The Labute approximate surface area is 119 Å². The van der Waals surface area contributed by atoms with E-state index in [0.717, 1.165) is 6.54 Å². The van der Waals surface area contributed by atoms with Crippen molar-refractivity contribution in [2.24, 2.45) is 0 Å². The van der Waals surface area contributed by atoms with Crippen molar-refractivity contribution >= 4 is 0 Å². The largest absolute Gasteiger partial charge is 0.307 e. The molecule has 1 nitrogen and oxygen atoms in total. The molecule has 0 aliphatic rings. The van der Waals surface area contributed by atoms with Gasteiger partial charge in [-0.25, -0.2) is 0 Å². The van der Waals surface area contributed by atoms with E-state index in [1.54, 1.807) is 0 Å². The Balaban J connectivity index is 2.43. The molecule has 0 aliphatic carbocycles. The third kappa shape index (κ3) is 7.17. The van der Waals surface area contributed by atoms with Gasteiger partial charge >= 0.3 is 0 Å². The fraction of sp³-hybridized carbons (Fsp3) is 0.556. The third-order valence-electron chi connectivity index (χ3n) is 3.33. The first kappa shape index (κ1) is 16.0. The Hall–Kier alpha value is -1.08. The maximum atomic E-state index is 3.60. The van der Waals surface area contributed by atoms with E-state index in [-0.39, 0.29) is 0 Å². The van der Waals surface area contributed by atoms with Crippen molar-refractivity contribution in [2.75, 3.05) is 6.54 Å². The fourth-order valence-electron chi connectivity index (χ4n) is 2.18. The third-order valence-corrected chi connectivity index (χ3v) is 3.33. The minimum absolute atomic E-state index is 0.368. The van der Waals surface area contributed by atoms with Crippen molar-refractivity contribution in [3.05, 3.63) is 48.0 Å². The highest BCUT2D eigenvalue weighted by Crippen LogP contribution is 2.15. The summed E-state index contributed by atoms with van der Waals surface area (Å²) in [6.45, 7) is 5.54. The van der Waals surface area contributed by atoms with Gasteiger partial charge in [0.15, 0.2) is 0 Å². The van der Waals surface area contributed by atoms with Gasteiger partial charge in [-0.15, -0.1) is 0 Å². The smallest absolute Gasteiger partial charge is 0.0506 e. The summed E-state index contributed by atoms with van der Waals surface area (Å²) in [6, 6.07) is 11.1. The van der Waals surface area contributed by atoms with E-state index < -0.39 is 0 Å². The highest BCUT2D eigenvalue weighted by Gasteiger charge is 2.04. The first-order chi connectivity index (χ1) is 9.38. The summed E-state index contributed by atoms with van der Waals surface area (Å²) < 4.78 is 0. The van der Waals surface area contributed by atoms with Gasteiger partial charge in [0.1, 0.15) is 0 Å². The van der Waals surface area contributed by atoms with Gasteiger partial charge in [-0.05, 0) is 31.4 Å². The number of benzene rings is 1. The van der Waals surface area contributed by atoms with Gasteiger partial charge in [-0.3, -0.25) is 0 Å². The topological polar surface area (TPSA) is 12.0 Å². The van der Waals surface area contributed by atoms with E-state index in [9.17, 15) is 0 Å². The van der Waals surface area contributed by atoms with E-state index in [1.807, 2.05) is 0 Å². The predicted octanol–water partition coefficient (Wildman–Crippen LogP) is 5.25. The normalized spacial score (nSPS) is 12.9. The van der Waals surface area contributed by atoms with E-state index in [4.69, 9.17) is 0 Å². The average molecular weight is 259 g/mol. The summed E-state index contributed by atoms with van der Waals surface area (Å²) in [5.41, 5.74) is 1.36. The second-order valence-corrected chi connectivity index (χ2v) is 5.12. The van der Waals surface area contributed by atoms with E-state index >= 15 is 0 Å². The zero-order valence-corrected chi connectivity index (χ0v) is 12.6. The van der Waals surface area contributed by atoms with Gasteiger partial charge in [-0.2, -0.15) is 0 Å². The van der Waals surface area contributed by atoms with Crippen LogP contribution < -0.4 is 5.32 Å². The molecule has 19 heavy (non-hydrogen) atoms. The van der Waals surface area contributed by atoms with Crippen LogP contribution in [0.15, 0.2) is 42.5 Å². The van der Waals surface area contributed by atoms with Crippen molar-refractivity contribution in [3.63, 3.8) is 0 Å². The Kier molecular flexibility index (Phi) is 9.09. The second kappa shape index (κ2) is 10.8. The fourth-order valence-corrected chi connectivity index (χ4v) is 2.18. The molecular formula is C18H29N. The molecule has 1 N–H and O–H groups in total. The van der Waals surface area contributed by atoms with Gasteiger partial charge in [0.2, 0.25) is 0 Å². The molecule has 0 bridgehead atoms. The van der Waals surface area contributed by atoms with Gasteiger partial charge in [0, 0.05) is 0 Å². The number of unbranched alkanes of at least 4 members (excludes halogenated alkanes) is 4. The summed E-state index contributed by atoms with van der Waals surface area (Å²) in [5, 5.41) is 3.60. The van der Waals surface area contributed by atoms with Gasteiger partial charge in [0.25, 0.3) is 0 Å². The quantitative estimate of drug-likeness (QED) is 0.447. The number of hydrogen-bond acceptors (Lipinski definition) is 1. The first-order valence-electron chi connectivity index (χ1n) is 7.83. The summed E-state index contributed by atoms with van der Waals surface area (Å²) in [4.78, 5) is 0. The first-order valence-corrected chi connectivity index (χ1v) is 7.83. The average Bonchev–Trinajstić information content (AvgIpc) is 2.46. The van der Waals surface area contributed by atoms with Crippen LogP contribution in [-0.4, -0.2) is 6.54 Å². The maximum Gasteiger partial charge on any atom is 0.0506 e. The highest BCUT2D eigenvalue weighted by atomic mass is 14.9. The Morgan fingerprint density at radius 3 is 2.47 bits per heavy atom. The van der Waals surface area contributed by atoms with Crippen LogP contribution >= 0.6 is 0 Å². The molecule has 0 aliphatic heterocycles. The van der Waals surface area contributed by atoms with Crippen molar-refractivity contribution in [3.8, 4) is 0 Å². The van der Waals surface area contributed by atoms with E-state index in [0.29, 0.717) is 6.04 Å². The lowest BCUT2D eigenvalue weighted by molar-refractivity contribution is 0.609. The highest BCUT2D eigenvalue weighted by molar-refractivity contribution is 5.22. The zero-order chi connectivity index (χ0) is 13.8. The Morgan fingerprint density at radius 2 is 1.79 bits per heavy atom. The molecule has 1 heteroatoms. The van der Waals surface area contributed by atoms with Crippen molar-refractivity contribution in [1.29, 1.82) is 0 Å². The molecule has 0 spiro atoms. The van der Waals surface area contributed by atoms with Crippen LogP contribution in [-0.2, 0) is 0 Å². The van der Waals surface area contributed by atoms with Gasteiger partial charge in [-0.1, -0.05) is 75.6 Å². The molecule has 1 atom stereocenters. The molecule has 1 unspecified atom stereocenters. The molecule has 0 fully saturated rings. The van der Waals surface area contributed by atoms with Crippen molar-refractivity contribution in [1.82, 2.24) is 5.32 Å². The summed E-state index contributed by atoms with van der Waals surface area (Å²) in [6.07, 6.45) is 12.4. The van der Waals surface area contributed by atoms with Crippen LogP contribution in [0.5, 0.6) is 0 Å². The lowest BCUT2D eigenvalue weighted by atomic mass is 10.1. The molecule has 1 aromatic rings. The maximum absolute atomic E-state index is 3.60. The van der Waals surface area contributed by atoms with Crippen molar-refractivity contribution in [2.45, 2.75) is 58.4 Å². The number of allylic oxidation sites excluding steroid dienone is 1. The van der Waals surface area contributed by atoms with Gasteiger partial charge < -0.3 is 5.32 Å². The van der Waals surface area contributed by atoms with Crippen LogP contribution in [0.2, 0.25) is 0 Å². The van der Waals surface area contributed by atoms with Crippen LogP contribution in [0.25, 0.3) is 0 Å². The lowest BCUT2D eigenvalue weighted by Crippen LogP contribution is -2.20. The monoisotopic (exact) mass is 259 g/mol. The van der Waals surface area contributed by atoms with Crippen LogP contribution in [0.4, 0.5) is 0 Å². The molecule has 0 amide bonds. The molecule has 106 valence electrons. The Bertz CT molecular complexity index is 329. The Morgan fingerprint density at radius 1 is 1.00 bits per heavy atom. The predicted molar refractivity (Wildman–Crippen MR) is 85.4 cm³/mol. The lowest BCUT2D eigenvalue weighted by Gasteiger charge is -2.15.